The summed E-state index contributed by atoms with van der Waals surface area (Å²) in [5.41, 5.74) is -0.805. The Morgan fingerprint density at radius 2 is 2.08 bits per heavy atom. The standard InChI is InChI=1S/C14H14F3N3O2S2/c15-14(16,17)10-3-4-12(18-8-10)20-6-5-11(9-20)19-24(21,22)13-2-1-7-23-13/h1-4,7-8,11,19H,5-6,9H2. The molecule has 1 N–H and O–H groups in total. The van der Waals surface area contributed by atoms with Crippen molar-refractivity contribution in [3.63, 3.8) is 0 Å². The maximum atomic E-state index is 12.5. The molecule has 1 saturated heterocycles. The Morgan fingerprint density at radius 3 is 2.67 bits per heavy atom. The summed E-state index contributed by atoms with van der Waals surface area (Å²) in [5.74, 6) is 0.404. The summed E-state index contributed by atoms with van der Waals surface area (Å²) < 4.78 is 64.9. The van der Waals surface area contributed by atoms with Crippen molar-refractivity contribution in [3.05, 3.63) is 41.4 Å². The SMILES string of the molecule is O=S(=O)(NC1CCN(c2ccc(C(F)(F)F)cn2)C1)c1cccs1. The van der Waals surface area contributed by atoms with Crippen LogP contribution in [0, 0.1) is 0 Å². The fourth-order valence-electron chi connectivity index (χ4n) is 2.50. The van der Waals surface area contributed by atoms with E-state index < -0.39 is 21.8 Å². The van der Waals surface area contributed by atoms with E-state index >= 15 is 0 Å². The van der Waals surface area contributed by atoms with Crippen molar-refractivity contribution in [1.82, 2.24) is 9.71 Å². The van der Waals surface area contributed by atoms with E-state index in [0.717, 1.165) is 23.6 Å². The number of rotatable bonds is 4. The summed E-state index contributed by atoms with van der Waals surface area (Å²) in [5, 5.41) is 1.68. The third kappa shape index (κ3) is 3.70. The maximum absolute atomic E-state index is 12.5. The van der Waals surface area contributed by atoms with Crippen molar-refractivity contribution in [2.75, 3.05) is 18.0 Å². The maximum Gasteiger partial charge on any atom is 0.417 e. The number of nitrogens with zero attached hydrogens (tertiary/aromatic N) is 2. The summed E-state index contributed by atoms with van der Waals surface area (Å²) in [6, 6.07) is 5.16. The first-order valence-electron chi connectivity index (χ1n) is 7.10. The Bertz CT molecular complexity index is 790. The summed E-state index contributed by atoms with van der Waals surface area (Å²) in [6.45, 7) is 0.888. The van der Waals surface area contributed by atoms with Crippen molar-refractivity contribution in [2.24, 2.45) is 0 Å². The molecule has 0 spiro atoms. The van der Waals surface area contributed by atoms with Gasteiger partial charge in [0.1, 0.15) is 10.0 Å². The van der Waals surface area contributed by atoms with Gasteiger partial charge in [-0.05, 0) is 30.0 Å². The molecule has 1 fully saturated rings. The van der Waals surface area contributed by atoms with Crippen LogP contribution < -0.4 is 9.62 Å². The fourth-order valence-corrected chi connectivity index (χ4v) is 4.77. The third-order valence-corrected chi connectivity index (χ3v) is 6.59. The molecule has 1 unspecified atom stereocenters. The van der Waals surface area contributed by atoms with Gasteiger partial charge in [0.25, 0.3) is 0 Å². The summed E-state index contributed by atoms with van der Waals surface area (Å²) in [7, 11) is -3.56. The van der Waals surface area contributed by atoms with E-state index in [0.29, 0.717) is 25.3 Å². The van der Waals surface area contributed by atoms with Crippen LogP contribution in [0.2, 0.25) is 0 Å². The van der Waals surface area contributed by atoms with Gasteiger partial charge in [0.2, 0.25) is 10.0 Å². The van der Waals surface area contributed by atoms with Crippen molar-refractivity contribution in [3.8, 4) is 0 Å². The van der Waals surface area contributed by atoms with Gasteiger partial charge in [-0.1, -0.05) is 6.07 Å². The molecule has 0 aliphatic carbocycles. The van der Waals surface area contributed by atoms with Gasteiger partial charge < -0.3 is 4.90 Å². The van der Waals surface area contributed by atoms with Crippen LogP contribution in [0.5, 0.6) is 0 Å². The lowest BCUT2D eigenvalue weighted by atomic mass is 10.3. The zero-order valence-electron chi connectivity index (χ0n) is 12.3. The first-order valence-corrected chi connectivity index (χ1v) is 9.46. The van der Waals surface area contributed by atoms with E-state index in [1.807, 2.05) is 0 Å². The average molecular weight is 377 g/mol. The van der Waals surface area contributed by atoms with Gasteiger partial charge in [-0.3, -0.25) is 0 Å². The molecular weight excluding hydrogens is 363 g/mol. The zero-order chi connectivity index (χ0) is 17.4. The second kappa shape index (κ2) is 6.34. The van der Waals surface area contributed by atoms with Crippen molar-refractivity contribution >= 4 is 27.2 Å². The number of pyridine rings is 1. The van der Waals surface area contributed by atoms with Crippen LogP contribution in [0.3, 0.4) is 0 Å². The van der Waals surface area contributed by atoms with Crippen molar-refractivity contribution < 1.29 is 21.6 Å². The molecule has 2 aromatic heterocycles. The van der Waals surface area contributed by atoms with Gasteiger partial charge in [0.05, 0.1) is 5.56 Å². The number of alkyl halides is 3. The first kappa shape index (κ1) is 17.2. The number of anilines is 1. The molecule has 0 saturated carbocycles. The molecule has 10 heteroatoms. The van der Waals surface area contributed by atoms with Crippen LogP contribution in [0.25, 0.3) is 0 Å². The number of hydrogen-bond acceptors (Lipinski definition) is 5. The molecule has 130 valence electrons. The van der Waals surface area contributed by atoms with Gasteiger partial charge in [-0.15, -0.1) is 11.3 Å². The smallest absolute Gasteiger partial charge is 0.355 e. The number of aromatic nitrogens is 1. The quantitative estimate of drug-likeness (QED) is 0.890. The van der Waals surface area contributed by atoms with E-state index in [2.05, 4.69) is 9.71 Å². The highest BCUT2D eigenvalue weighted by Gasteiger charge is 2.32. The van der Waals surface area contributed by atoms with Gasteiger partial charge in [0, 0.05) is 25.3 Å². The van der Waals surface area contributed by atoms with E-state index in [-0.39, 0.29) is 10.3 Å². The van der Waals surface area contributed by atoms with Crippen LogP contribution >= 0.6 is 11.3 Å². The third-order valence-electron chi connectivity index (χ3n) is 3.67. The topological polar surface area (TPSA) is 62.3 Å². The van der Waals surface area contributed by atoms with Gasteiger partial charge in [-0.2, -0.15) is 13.2 Å². The van der Waals surface area contributed by atoms with Crippen molar-refractivity contribution in [1.29, 1.82) is 0 Å². The van der Waals surface area contributed by atoms with E-state index in [1.54, 1.807) is 16.3 Å². The second-order valence-corrected chi connectivity index (χ2v) is 8.28. The molecule has 1 aliphatic rings. The number of nitrogens with one attached hydrogen (secondary N) is 1. The van der Waals surface area contributed by atoms with Crippen LogP contribution in [0.4, 0.5) is 19.0 Å². The van der Waals surface area contributed by atoms with Crippen LogP contribution in [0.1, 0.15) is 12.0 Å². The molecule has 24 heavy (non-hydrogen) atoms. The predicted molar refractivity (Wildman–Crippen MR) is 84.5 cm³/mol. The van der Waals surface area contributed by atoms with E-state index in [1.165, 1.54) is 12.1 Å². The van der Waals surface area contributed by atoms with Gasteiger partial charge in [0.15, 0.2) is 0 Å². The normalized spacial score (nSPS) is 19.0. The lowest BCUT2D eigenvalue weighted by Gasteiger charge is -2.18. The van der Waals surface area contributed by atoms with Crippen LogP contribution in [-0.4, -0.2) is 32.5 Å². The van der Waals surface area contributed by atoms with Gasteiger partial charge in [-0.25, -0.2) is 18.1 Å². The molecule has 0 aromatic carbocycles. The highest BCUT2D eigenvalue weighted by molar-refractivity contribution is 7.91. The molecular formula is C14H14F3N3O2S2. The van der Waals surface area contributed by atoms with Crippen LogP contribution in [-0.2, 0) is 16.2 Å². The minimum absolute atomic E-state index is 0.244. The molecule has 2 aromatic rings. The molecule has 0 amide bonds. The summed E-state index contributed by atoms with van der Waals surface area (Å²) >= 11 is 1.13. The van der Waals surface area contributed by atoms with Crippen LogP contribution in [0.15, 0.2) is 40.1 Å². The van der Waals surface area contributed by atoms with E-state index in [4.69, 9.17) is 0 Å². The minimum Gasteiger partial charge on any atom is -0.355 e. The molecule has 1 atom stereocenters. The van der Waals surface area contributed by atoms with Gasteiger partial charge >= 0.3 is 6.18 Å². The Morgan fingerprint density at radius 1 is 1.29 bits per heavy atom. The number of hydrogen-bond donors (Lipinski definition) is 1. The molecule has 3 heterocycles. The Hall–Kier alpha value is -1.65. The number of thiophene rings is 1. The zero-order valence-corrected chi connectivity index (χ0v) is 14.0. The Kier molecular flexibility index (Phi) is 4.54. The monoisotopic (exact) mass is 377 g/mol. The molecule has 0 radical (unpaired) electrons. The first-order chi connectivity index (χ1) is 11.3. The average Bonchev–Trinajstić information content (AvgIpc) is 3.17. The molecule has 1 aliphatic heterocycles. The Labute approximate surface area is 141 Å². The van der Waals surface area contributed by atoms with Crippen molar-refractivity contribution in [2.45, 2.75) is 22.8 Å². The lowest BCUT2D eigenvalue weighted by molar-refractivity contribution is -0.137. The lowest BCUT2D eigenvalue weighted by Crippen LogP contribution is -2.36. The van der Waals surface area contributed by atoms with E-state index in [9.17, 15) is 21.6 Å². The summed E-state index contributed by atoms with van der Waals surface area (Å²) in [6.07, 6.45) is -3.07. The minimum atomic E-state index is -4.42. The second-order valence-electron chi connectivity index (χ2n) is 5.39. The number of halogens is 3. The largest absolute Gasteiger partial charge is 0.417 e. The molecule has 3 rings (SSSR count). The highest BCUT2D eigenvalue weighted by atomic mass is 32.2. The molecule has 0 bridgehead atoms. The molecule has 5 nitrogen and oxygen atoms in total. The summed E-state index contributed by atoms with van der Waals surface area (Å²) in [4.78, 5) is 5.60. The fraction of sp³-hybridized carbons (Fsp3) is 0.357. The highest BCUT2D eigenvalue weighted by Crippen LogP contribution is 2.30. The Balaban J connectivity index is 1.65. The number of sulfonamides is 1. The predicted octanol–water partition coefficient (Wildman–Crippen LogP) is 2.72.